The van der Waals surface area contributed by atoms with Crippen LogP contribution >= 0.6 is 0 Å². The summed E-state index contributed by atoms with van der Waals surface area (Å²) in [5, 5.41) is 26.1. The first kappa shape index (κ1) is 14.8. The third-order valence-corrected chi connectivity index (χ3v) is 2.46. The molecular weight excluding hydrogens is 259 g/mol. The number of nitrogens with zero attached hydrogens (tertiary/aromatic N) is 3. The van der Waals surface area contributed by atoms with Crippen molar-refractivity contribution < 1.29 is 18.3 Å². The number of benzene rings is 1. The van der Waals surface area contributed by atoms with E-state index >= 15 is 0 Å². The lowest BCUT2D eigenvalue weighted by Gasteiger charge is -2.20. The van der Waals surface area contributed by atoms with Gasteiger partial charge in [-0.25, -0.2) is 0 Å². The Kier molecular flexibility index (Phi) is 4.74. The van der Waals surface area contributed by atoms with Crippen LogP contribution in [0.2, 0.25) is 0 Å². The van der Waals surface area contributed by atoms with Crippen molar-refractivity contribution in [1.29, 1.82) is 10.5 Å². The molecule has 0 heterocycles. The number of alkyl halides is 3. The van der Waals surface area contributed by atoms with Crippen molar-refractivity contribution in [2.24, 2.45) is 0 Å². The van der Waals surface area contributed by atoms with Gasteiger partial charge in [0.05, 0.1) is 24.3 Å². The third kappa shape index (κ3) is 3.60. The number of nitriles is 2. The summed E-state index contributed by atoms with van der Waals surface area (Å²) in [5.74, 6) is 0. The zero-order valence-electron chi connectivity index (χ0n) is 9.78. The molecule has 0 fully saturated rings. The van der Waals surface area contributed by atoms with E-state index < -0.39 is 18.3 Å². The van der Waals surface area contributed by atoms with E-state index in [1.807, 2.05) is 0 Å². The molecule has 0 radical (unpaired) electrons. The average Bonchev–Trinajstić information content (AvgIpc) is 2.37. The van der Waals surface area contributed by atoms with Crippen LogP contribution in [0.4, 0.5) is 18.9 Å². The highest BCUT2D eigenvalue weighted by Crippen LogP contribution is 2.34. The van der Waals surface area contributed by atoms with Crippen molar-refractivity contribution in [3.05, 3.63) is 29.3 Å². The zero-order chi connectivity index (χ0) is 14.5. The van der Waals surface area contributed by atoms with Crippen LogP contribution in [-0.4, -0.2) is 18.2 Å². The van der Waals surface area contributed by atoms with Crippen LogP contribution in [0.3, 0.4) is 0 Å². The number of rotatable bonds is 4. The van der Waals surface area contributed by atoms with Crippen LogP contribution in [0.1, 0.15) is 11.1 Å². The zero-order valence-corrected chi connectivity index (χ0v) is 9.78. The average molecular weight is 269 g/mol. The van der Waals surface area contributed by atoms with Crippen LogP contribution in [0.15, 0.2) is 18.2 Å². The monoisotopic (exact) mass is 269 g/mol. The van der Waals surface area contributed by atoms with Gasteiger partial charge in [-0.05, 0) is 17.7 Å². The molecule has 0 saturated heterocycles. The smallest absolute Gasteiger partial charge is 0.392 e. The second-order valence-corrected chi connectivity index (χ2v) is 3.67. The minimum atomic E-state index is -4.60. The normalized spacial score (nSPS) is 10.6. The van der Waals surface area contributed by atoms with E-state index in [4.69, 9.17) is 15.6 Å². The van der Waals surface area contributed by atoms with Gasteiger partial charge in [0.15, 0.2) is 0 Å². The van der Waals surface area contributed by atoms with Crippen LogP contribution in [-0.2, 0) is 12.8 Å². The van der Waals surface area contributed by atoms with Crippen molar-refractivity contribution in [3.8, 4) is 12.1 Å². The minimum Gasteiger partial charge on any atom is -0.392 e. The van der Waals surface area contributed by atoms with Gasteiger partial charge in [-0.3, -0.25) is 0 Å². The third-order valence-electron chi connectivity index (χ3n) is 2.46. The number of halogens is 3. The summed E-state index contributed by atoms with van der Waals surface area (Å²) in [7, 11) is 0. The van der Waals surface area contributed by atoms with Gasteiger partial charge in [-0.1, -0.05) is 6.07 Å². The summed E-state index contributed by atoms with van der Waals surface area (Å²) in [6.45, 7) is -1.11. The minimum absolute atomic E-state index is 0.118. The Balaban J connectivity index is 3.24. The van der Waals surface area contributed by atoms with Gasteiger partial charge in [0.1, 0.15) is 13.1 Å². The molecule has 0 aliphatic rings. The van der Waals surface area contributed by atoms with Gasteiger partial charge in [-0.2, -0.15) is 23.7 Å². The topological polar surface area (TPSA) is 71.0 Å². The Labute approximate surface area is 107 Å². The summed E-state index contributed by atoms with van der Waals surface area (Å²) in [6, 6.07) is 6.88. The number of hydrogen-bond donors (Lipinski definition) is 1. The fraction of sp³-hybridized carbons (Fsp3) is 0.333. The molecule has 1 aromatic carbocycles. The first-order valence-electron chi connectivity index (χ1n) is 5.24. The highest BCUT2D eigenvalue weighted by Gasteiger charge is 2.33. The molecule has 0 bridgehead atoms. The van der Waals surface area contributed by atoms with Gasteiger partial charge < -0.3 is 10.0 Å². The van der Waals surface area contributed by atoms with E-state index in [9.17, 15) is 13.2 Å². The number of aliphatic hydroxyl groups excluding tert-OH is 1. The maximum atomic E-state index is 12.8. The van der Waals surface area contributed by atoms with Gasteiger partial charge in [0.25, 0.3) is 0 Å². The Morgan fingerprint density at radius 2 is 1.74 bits per heavy atom. The standard InChI is InChI=1S/C12H10F3N3O/c13-12(14,15)11-7-10(2-1-9(11)8-19)18(5-3-16)6-4-17/h1-2,7,19H,5-6,8H2. The van der Waals surface area contributed by atoms with Crippen LogP contribution in [0, 0.1) is 22.7 Å². The Bertz CT molecular complexity index is 512. The number of anilines is 1. The summed E-state index contributed by atoms with van der Waals surface area (Å²) in [6.07, 6.45) is -4.60. The lowest BCUT2D eigenvalue weighted by molar-refractivity contribution is -0.138. The number of hydrogen-bond acceptors (Lipinski definition) is 4. The molecule has 0 spiro atoms. The lowest BCUT2D eigenvalue weighted by atomic mass is 10.1. The molecule has 0 unspecified atom stereocenters. The van der Waals surface area contributed by atoms with Crippen molar-refractivity contribution in [1.82, 2.24) is 0 Å². The Morgan fingerprint density at radius 1 is 1.16 bits per heavy atom. The van der Waals surface area contributed by atoms with E-state index in [0.717, 1.165) is 12.1 Å². The first-order valence-corrected chi connectivity index (χ1v) is 5.24. The van der Waals surface area contributed by atoms with Crippen molar-refractivity contribution in [2.75, 3.05) is 18.0 Å². The van der Waals surface area contributed by atoms with Crippen LogP contribution in [0.5, 0.6) is 0 Å². The lowest BCUT2D eigenvalue weighted by Crippen LogP contribution is -2.24. The highest BCUT2D eigenvalue weighted by atomic mass is 19.4. The van der Waals surface area contributed by atoms with Crippen LogP contribution < -0.4 is 4.90 Å². The maximum Gasteiger partial charge on any atom is 0.416 e. The quantitative estimate of drug-likeness (QED) is 0.849. The largest absolute Gasteiger partial charge is 0.416 e. The molecule has 7 heteroatoms. The van der Waals surface area contributed by atoms with E-state index in [2.05, 4.69) is 0 Å². The van der Waals surface area contributed by atoms with E-state index in [0.29, 0.717) is 0 Å². The fourth-order valence-electron chi connectivity index (χ4n) is 1.57. The fourth-order valence-corrected chi connectivity index (χ4v) is 1.57. The summed E-state index contributed by atoms with van der Waals surface area (Å²) in [4.78, 5) is 1.22. The second kappa shape index (κ2) is 6.07. The molecule has 0 amide bonds. The summed E-state index contributed by atoms with van der Waals surface area (Å²) >= 11 is 0. The molecule has 1 N–H and O–H groups in total. The molecule has 0 atom stereocenters. The van der Waals surface area contributed by atoms with E-state index in [-0.39, 0.29) is 24.3 Å². The van der Waals surface area contributed by atoms with Crippen LogP contribution in [0.25, 0.3) is 0 Å². The van der Waals surface area contributed by atoms with E-state index in [1.54, 1.807) is 12.1 Å². The Hall–Kier alpha value is -2.25. The van der Waals surface area contributed by atoms with E-state index in [1.165, 1.54) is 11.0 Å². The van der Waals surface area contributed by atoms with Crippen molar-refractivity contribution >= 4 is 5.69 Å². The molecule has 0 aliphatic heterocycles. The summed E-state index contributed by atoms with van der Waals surface area (Å²) in [5.41, 5.74) is -1.09. The molecule has 4 nitrogen and oxygen atoms in total. The maximum absolute atomic E-state index is 12.8. The predicted octanol–water partition coefficient (Wildman–Crippen LogP) is 2.05. The molecule has 100 valence electrons. The molecule has 0 saturated carbocycles. The van der Waals surface area contributed by atoms with Crippen molar-refractivity contribution in [3.63, 3.8) is 0 Å². The molecule has 1 aromatic rings. The first-order chi connectivity index (χ1) is 8.93. The van der Waals surface area contributed by atoms with Gasteiger partial charge in [-0.15, -0.1) is 0 Å². The van der Waals surface area contributed by atoms with Gasteiger partial charge >= 0.3 is 6.18 Å². The second-order valence-electron chi connectivity index (χ2n) is 3.67. The van der Waals surface area contributed by atoms with Gasteiger partial charge in [0.2, 0.25) is 0 Å². The molecule has 1 rings (SSSR count). The SMILES string of the molecule is N#CCN(CC#N)c1ccc(CO)c(C(F)(F)F)c1. The molecule has 0 aromatic heterocycles. The van der Waals surface area contributed by atoms with Gasteiger partial charge in [0, 0.05) is 5.69 Å². The summed E-state index contributed by atoms with van der Waals surface area (Å²) < 4.78 is 38.4. The predicted molar refractivity (Wildman–Crippen MR) is 60.8 cm³/mol. The number of aliphatic hydroxyl groups is 1. The Morgan fingerprint density at radius 3 is 2.16 bits per heavy atom. The molecule has 0 aliphatic carbocycles. The van der Waals surface area contributed by atoms with Crippen molar-refractivity contribution in [2.45, 2.75) is 12.8 Å². The molecule has 19 heavy (non-hydrogen) atoms. The molecular formula is C12H10F3N3O. The highest BCUT2D eigenvalue weighted by molar-refractivity contribution is 5.53.